The summed E-state index contributed by atoms with van der Waals surface area (Å²) in [5.74, 6) is 0.421. The standard InChI is InChI=1S/C23H26FN3O2S/c1-27(2)12-3-13-29-21-10-8-19(9-11-21)25-22(28)15-20-16-30-23(26-20)14-17-4-6-18(24)7-5-17/h4-11,16H,3,12-15H2,1-2H3,(H,25,28). The number of nitrogens with one attached hydrogen (secondary N) is 1. The fraction of sp³-hybridized carbons (Fsp3) is 0.304. The minimum atomic E-state index is -0.251. The molecular weight excluding hydrogens is 401 g/mol. The van der Waals surface area contributed by atoms with E-state index in [1.54, 1.807) is 12.1 Å². The monoisotopic (exact) mass is 427 g/mol. The molecule has 0 unspecified atom stereocenters. The number of aromatic nitrogens is 1. The fourth-order valence-corrected chi connectivity index (χ4v) is 3.69. The van der Waals surface area contributed by atoms with Crippen molar-refractivity contribution in [2.75, 3.05) is 32.6 Å². The zero-order valence-corrected chi connectivity index (χ0v) is 18.0. The number of carbonyl (C=O) groups excluding carboxylic acids is 1. The second kappa shape index (κ2) is 10.8. The Morgan fingerprint density at radius 3 is 2.57 bits per heavy atom. The number of rotatable bonds is 10. The molecule has 3 aromatic rings. The van der Waals surface area contributed by atoms with Gasteiger partial charge in [-0.2, -0.15) is 0 Å². The number of nitrogens with zero attached hydrogens (tertiary/aromatic N) is 2. The van der Waals surface area contributed by atoms with Crippen LogP contribution in [-0.2, 0) is 17.6 Å². The average Bonchev–Trinajstić information content (AvgIpc) is 3.14. The van der Waals surface area contributed by atoms with Gasteiger partial charge in [-0.3, -0.25) is 4.79 Å². The molecule has 1 aromatic heterocycles. The molecule has 0 atom stereocenters. The zero-order chi connectivity index (χ0) is 21.3. The molecule has 1 amide bonds. The van der Waals surface area contributed by atoms with Crippen molar-refractivity contribution in [3.8, 4) is 5.75 Å². The van der Waals surface area contributed by atoms with Crippen LogP contribution in [0.15, 0.2) is 53.9 Å². The van der Waals surface area contributed by atoms with Gasteiger partial charge in [0.1, 0.15) is 11.6 Å². The molecule has 2 aromatic carbocycles. The Morgan fingerprint density at radius 2 is 1.87 bits per heavy atom. The summed E-state index contributed by atoms with van der Waals surface area (Å²) in [4.78, 5) is 19.0. The second-order valence-corrected chi connectivity index (χ2v) is 8.23. The maximum Gasteiger partial charge on any atom is 0.230 e. The minimum absolute atomic E-state index is 0.117. The van der Waals surface area contributed by atoms with E-state index in [-0.39, 0.29) is 18.1 Å². The Bertz CT molecular complexity index is 940. The number of thiazole rings is 1. The van der Waals surface area contributed by atoms with Gasteiger partial charge in [0.15, 0.2) is 0 Å². The van der Waals surface area contributed by atoms with E-state index in [4.69, 9.17) is 4.74 Å². The van der Waals surface area contributed by atoms with E-state index >= 15 is 0 Å². The lowest BCUT2D eigenvalue weighted by Crippen LogP contribution is -2.15. The highest BCUT2D eigenvalue weighted by Gasteiger charge is 2.09. The highest BCUT2D eigenvalue weighted by molar-refractivity contribution is 7.09. The molecule has 0 fully saturated rings. The number of carbonyl (C=O) groups is 1. The molecule has 0 aliphatic carbocycles. The molecule has 0 saturated carbocycles. The summed E-state index contributed by atoms with van der Waals surface area (Å²) in [6.45, 7) is 1.64. The maximum absolute atomic E-state index is 13.0. The van der Waals surface area contributed by atoms with Crippen LogP contribution >= 0.6 is 11.3 Å². The maximum atomic E-state index is 13.0. The van der Waals surface area contributed by atoms with Crippen LogP contribution < -0.4 is 10.1 Å². The molecule has 0 aliphatic rings. The largest absolute Gasteiger partial charge is 0.494 e. The molecule has 0 aliphatic heterocycles. The van der Waals surface area contributed by atoms with E-state index in [0.717, 1.165) is 40.7 Å². The Kier molecular flexibility index (Phi) is 7.93. The van der Waals surface area contributed by atoms with Crippen LogP contribution in [0.2, 0.25) is 0 Å². The summed E-state index contributed by atoms with van der Waals surface area (Å²) in [6, 6.07) is 13.8. The number of anilines is 1. The van der Waals surface area contributed by atoms with Crippen LogP contribution in [0.5, 0.6) is 5.75 Å². The van der Waals surface area contributed by atoms with Crippen LogP contribution in [0.3, 0.4) is 0 Å². The summed E-state index contributed by atoms with van der Waals surface area (Å²) in [6.07, 6.45) is 1.80. The molecule has 0 radical (unpaired) electrons. The van der Waals surface area contributed by atoms with Crippen molar-refractivity contribution in [1.82, 2.24) is 9.88 Å². The van der Waals surface area contributed by atoms with Gasteiger partial charge in [0.25, 0.3) is 0 Å². The first-order chi connectivity index (χ1) is 14.5. The molecule has 158 valence electrons. The van der Waals surface area contributed by atoms with Crippen molar-refractivity contribution in [3.63, 3.8) is 0 Å². The third kappa shape index (κ3) is 7.24. The van der Waals surface area contributed by atoms with Gasteiger partial charge >= 0.3 is 0 Å². The SMILES string of the molecule is CN(C)CCCOc1ccc(NC(=O)Cc2csc(Cc3ccc(F)cc3)n2)cc1. The first-order valence-electron chi connectivity index (χ1n) is 9.83. The molecule has 0 spiro atoms. The molecular formula is C23H26FN3O2S. The lowest BCUT2D eigenvalue weighted by Gasteiger charge is -2.11. The van der Waals surface area contributed by atoms with Crippen LogP contribution in [0, 0.1) is 5.82 Å². The van der Waals surface area contributed by atoms with E-state index in [0.29, 0.717) is 13.0 Å². The zero-order valence-electron chi connectivity index (χ0n) is 17.2. The van der Waals surface area contributed by atoms with Gasteiger partial charge in [-0.15, -0.1) is 11.3 Å². The van der Waals surface area contributed by atoms with Crippen molar-refractivity contribution >= 4 is 22.9 Å². The summed E-state index contributed by atoms with van der Waals surface area (Å²) in [5.41, 5.74) is 2.45. The van der Waals surface area contributed by atoms with E-state index < -0.39 is 0 Å². The van der Waals surface area contributed by atoms with Crippen LogP contribution in [-0.4, -0.2) is 43.0 Å². The van der Waals surface area contributed by atoms with Crippen molar-refractivity contribution in [1.29, 1.82) is 0 Å². The smallest absolute Gasteiger partial charge is 0.230 e. The average molecular weight is 428 g/mol. The van der Waals surface area contributed by atoms with Crippen LogP contribution in [0.4, 0.5) is 10.1 Å². The lowest BCUT2D eigenvalue weighted by molar-refractivity contribution is -0.115. The van der Waals surface area contributed by atoms with Gasteiger partial charge < -0.3 is 15.0 Å². The van der Waals surface area contributed by atoms with Crippen LogP contribution in [0.25, 0.3) is 0 Å². The molecule has 1 N–H and O–H groups in total. The van der Waals surface area contributed by atoms with Gasteiger partial charge in [-0.25, -0.2) is 9.37 Å². The molecule has 30 heavy (non-hydrogen) atoms. The van der Waals surface area contributed by atoms with E-state index in [1.807, 2.05) is 43.7 Å². The topological polar surface area (TPSA) is 54.5 Å². The first-order valence-corrected chi connectivity index (χ1v) is 10.7. The Labute approximate surface area is 180 Å². The first kappa shape index (κ1) is 21.9. The minimum Gasteiger partial charge on any atom is -0.494 e. The van der Waals surface area contributed by atoms with Gasteiger partial charge in [-0.1, -0.05) is 12.1 Å². The quantitative estimate of drug-likeness (QED) is 0.488. The van der Waals surface area contributed by atoms with Gasteiger partial charge in [0.05, 0.1) is 23.7 Å². The van der Waals surface area contributed by atoms with Gasteiger partial charge in [0, 0.05) is 24.0 Å². The third-order valence-electron chi connectivity index (χ3n) is 4.37. The number of hydrogen-bond acceptors (Lipinski definition) is 5. The Hall–Kier alpha value is -2.77. The number of amides is 1. The van der Waals surface area contributed by atoms with Gasteiger partial charge in [-0.05, 0) is 62.5 Å². The van der Waals surface area contributed by atoms with Crippen molar-refractivity contribution in [2.24, 2.45) is 0 Å². The molecule has 5 nitrogen and oxygen atoms in total. The highest BCUT2D eigenvalue weighted by Crippen LogP contribution is 2.18. The van der Waals surface area contributed by atoms with Crippen LogP contribution in [0.1, 0.15) is 22.7 Å². The van der Waals surface area contributed by atoms with E-state index in [1.165, 1.54) is 23.5 Å². The predicted molar refractivity (Wildman–Crippen MR) is 119 cm³/mol. The fourth-order valence-electron chi connectivity index (χ4n) is 2.86. The normalized spacial score (nSPS) is 10.9. The van der Waals surface area contributed by atoms with E-state index in [2.05, 4.69) is 15.2 Å². The summed E-state index contributed by atoms with van der Waals surface area (Å²) in [7, 11) is 4.07. The summed E-state index contributed by atoms with van der Waals surface area (Å²) < 4.78 is 18.7. The molecule has 0 saturated heterocycles. The highest BCUT2D eigenvalue weighted by atomic mass is 32.1. The summed E-state index contributed by atoms with van der Waals surface area (Å²) in [5, 5.41) is 5.68. The molecule has 3 rings (SSSR count). The Morgan fingerprint density at radius 1 is 1.13 bits per heavy atom. The molecule has 1 heterocycles. The number of halogens is 1. The number of hydrogen-bond donors (Lipinski definition) is 1. The van der Waals surface area contributed by atoms with Gasteiger partial charge in [0.2, 0.25) is 5.91 Å². The van der Waals surface area contributed by atoms with E-state index in [9.17, 15) is 9.18 Å². The Balaban J connectivity index is 1.45. The lowest BCUT2D eigenvalue weighted by atomic mass is 10.1. The van der Waals surface area contributed by atoms with Crippen molar-refractivity contribution < 1.29 is 13.9 Å². The third-order valence-corrected chi connectivity index (χ3v) is 5.26. The molecule has 7 heteroatoms. The number of benzene rings is 2. The second-order valence-electron chi connectivity index (χ2n) is 7.29. The van der Waals surface area contributed by atoms with Crippen molar-refractivity contribution in [2.45, 2.75) is 19.3 Å². The predicted octanol–water partition coefficient (Wildman–Crippen LogP) is 4.38. The summed E-state index contributed by atoms with van der Waals surface area (Å²) >= 11 is 1.51. The number of ether oxygens (including phenoxy) is 1. The molecule has 0 bridgehead atoms. The van der Waals surface area contributed by atoms with Crippen molar-refractivity contribution in [3.05, 3.63) is 76.0 Å².